The summed E-state index contributed by atoms with van der Waals surface area (Å²) in [6, 6.07) is 7.25. The van der Waals surface area contributed by atoms with E-state index >= 15 is 0 Å². The predicted octanol–water partition coefficient (Wildman–Crippen LogP) is 1.13. The average Bonchev–Trinajstić information content (AvgIpc) is 2.37. The Hall–Kier alpha value is -1.69. The normalized spacial score (nSPS) is 14.3. The molecule has 2 unspecified atom stereocenters. The monoisotopic (exact) mass is 279 g/mol. The minimum atomic E-state index is -0.884. The molecular weight excluding hydrogens is 262 g/mol. The van der Waals surface area contributed by atoms with Crippen LogP contribution in [0.2, 0.25) is 0 Å². The lowest BCUT2D eigenvalue weighted by Gasteiger charge is -2.24. The fraction of sp³-hybridized carbons (Fsp3) is 0.385. The Labute approximate surface area is 114 Å². The van der Waals surface area contributed by atoms with Gasteiger partial charge in [0.2, 0.25) is 5.95 Å². The second kappa shape index (κ2) is 5.52. The first-order valence-corrected chi connectivity index (χ1v) is 7.73. The maximum absolute atomic E-state index is 12.0. The average molecular weight is 279 g/mol. The fourth-order valence-corrected chi connectivity index (χ4v) is 2.80. The number of nitrogens with zero attached hydrogens (tertiary/aromatic N) is 2. The molecule has 1 heterocycles. The van der Waals surface area contributed by atoms with E-state index in [1.807, 2.05) is 37.1 Å². The Morgan fingerprint density at radius 1 is 1.42 bits per heavy atom. The number of aromatic nitrogens is 2. The molecule has 102 valence electrons. The van der Waals surface area contributed by atoms with Crippen LogP contribution in [0.15, 0.2) is 29.1 Å². The summed E-state index contributed by atoms with van der Waals surface area (Å²) in [6.45, 7) is 1.95. The molecule has 0 spiro atoms. The van der Waals surface area contributed by atoms with Crippen molar-refractivity contribution in [3.63, 3.8) is 0 Å². The van der Waals surface area contributed by atoms with Crippen molar-refractivity contribution in [2.75, 3.05) is 24.0 Å². The number of hydrogen-bond acceptors (Lipinski definition) is 4. The van der Waals surface area contributed by atoms with Gasteiger partial charge in [0, 0.05) is 35.9 Å². The molecule has 0 saturated carbocycles. The van der Waals surface area contributed by atoms with Gasteiger partial charge in [-0.05, 0) is 19.1 Å². The van der Waals surface area contributed by atoms with Crippen molar-refractivity contribution in [3.8, 4) is 0 Å². The number of benzene rings is 1. The molecule has 0 amide bonds. The Morgan fingerprint density at radius 2 is 2.11 bits per heavy atom. The first-order valence-electron chi connectivity index (χ1n) is 6.01. The van der Waals surface area contributed by atoms with Gasteiger partial charge in [0.05, 0.1) is 10.9 Å². The molecule has 2 rings (SSSR count). The highest BCUT2D eigenvalue weighted by Gasteiger charge is 2.14. The summed E-state index contributed by atoms with van der Waals surface area (Å²) in [5.74, 6) is 1.04. The zero-order valence-corrected chi connectivity index (χ0v) is 12.0. The molecule has 0 fully saturated rings. The van der Waals surface area contributed by atoms with E-state index in [0.29, 0.717) is 22.6 Å². The van der Waals surface area contributed by atoms with Crippen LogP contribution < -0.4 is 10.5 Å². The van der Waals surface area contributed by atoms with Gasteiger partial charge in [-0.2, -0.15) is 0 Å². The third kappa shape index (κ3) is 3.01. The van der Waals surface area contributed by atoms with Gasteiger partial charge in [-0.3, -0.25) is 14.0 Å². The number of para-hydroxylation sites is 1. The first-order chi connectivity index (χ1) is 8.99. The summed E-state index contributed by atoms with van der Waals surface area (Å²) >= 11 is 0. The van der Waals surface area contributed by atoms with E-state index in [2.05, 4.69) is 9.97 Å². The Morgan fingerprint density at radius 3 is 2.79 bits per heavy atom. The largest absolute Gasteiger partial charge is 0.342 e. The topological polar surface area (TPSA) is 66.1 Å². The zero-order chi connectivity index (χ0) is 14.0. The maximum Gasteiger partial charge on any atom is 0.260 e. The minimum Gasteiger partial charge on any atom is -0.342 e. The molecule has 0 aliphatic carbocycles. The molecular formula is C13H17N3O2S. The summed E-state index contributed by atoms with van der Waals surface area (Å²) in [6.07, 6.45) is 1.67. The van der Waals surface area contributed by atoms with Gasteiger partial charge in [-0.15, -0.1) is 0 Å². The van der Waals surface area contributed by atoms with Gasteiger partial charge < -0.3 is 4.90 Å². The third-order valence-corrected chi connectivity index (χ3v) is 4.02. The molecule has 1 N–H and O–H groups in total. The summed E-state index contributed by atoms with van der Waals surface area (Å²) < 4.78 is 11.3. The summed E-state index contributed by atoms with van der Waals surface area (Å²) in [4.78, 5) is 21.0. The summed E-state index contributed by atoms with van der Waals surface area (Å²) in [5, 5.41) is 0.575. The van der Waals surface area contributed by atoms with E-state index in [9.17, 15) is 9.00 Å². The SMILES string of the molecule is CC(CS(C)=O)N(C)c1nc2ccccc2c(=O)[nH]1. The van der Waals surface area contributed by atoms with Gasteiger partial charge in [-0.25, -0.2) is 4.98 Å². The molecule has 2 atom stereocenters. The van der Waals surface area contributed by atoms with Crippen LogP contribution in [0.1, 0.15) is 6.92 Å². The van der Waals surface area contributed by atoms with Crippen molar-refractivity contribution in [2.24, 2.45) is 0 Å². The van der Waals surface area contributed by atoms with E-state index in [0.717, 1.165) is 0 Å². The van der Waals surface area contributed by atoms with Crippen LogP contribution >= 0.6 is 0 Å². The van der Waals surface area contributed by atoms with Gasteiger partial charge in [0.15, 0.2) is 0 Å². The highest BCUT2D eigenvalue weighted by Crippen LogP contribution is 2.12. The van der Waals surface area contributed by atoms with E-state index in [4.69, 9.17) is 0 Å². The summed E-state index contributed by atoms with van der Waals surface area (Å²) in [5.41, 5.74) is 0.509. The van der Waals surface area contributed by atoms with Gasteiger partial charge in [0.1, 0.15) is 0 Å². The van der Waals surface area contributed by atoms with Crippen LogP contribution in [0.5, 0.6) is 0 Å². The molecule has 0 aliphatic heterocycles. The molecule has 0 bridgehead atoms. The van der Waals surface area contributed by atoms with Crippen molar-refractivity contribution in [1.29, 1.82) is 0 Å². The van der Waals surface area contributed by atoms with E-state index in [-0.39, 0.29) is 11.6 Å². The number of hydrogen-bond donors (Lipinski definition) is 1. The van der Waals surface area contributed by atoms with Crippen LogP contribution in [-0.4, -0.2) is 39.3 Å². The van der Waals surface area contributed by atoms with Crippen LogP contribution in [0.25, 0.3) is 10.9 Å². The number of fused-ring (bicyclic) bond motifs is 1. The highest BCUT2D eigenvalue weighted by atomic mass is 32.2. The van der Waals surface area contributed by atoms with Crippen LogP contribution in [0, 0.1) is 0 Å². The predicted molar refractivity (Wildman–Crippen MR) is 79.2 cm³/mol. The van der Waals surface area contributed by atoms with Crippen molar-refractivity contribution in [1.82, 2.24) is 9.97 Å². The van der Waals surface area contributed by atoms with Crippen molar-refractivity contribution in [3.05, 3.63) is 34.6 Å². The van der Waals surface area contributed by atoms with Crippen molar-refractivity contribution < 1.29 is 4.21 Å². The molecule has 2 aromatic rings. The first kappa shape index (κ1) is 13.7. The van der Waals surface area contributed by atoms with Crippen LogP contribution in [0.4, 0.5) is 5.95 Å². The lowest BCUT2D eigenvalue weighted by molar-refractivity contribution is 0.672. The second-order valence-corrected chi connectivity index (χ2v) is 6.09. The molecule has 19 heavy (non-hydrogen) atoms. The van der Waals surface area contributed by atoms with E-state index < -0.39 is 10.8 Å². The standard InChI is InChI=1S/C13H17N3O2S/c1-9(8-19(3)18)16(2)13-14-11-7-5-4-6-10(11)12(17)15-13/h4-7,9H,8H2,1-3H3,(H,14,15,17). The second-order valence-electron chi connectivity index (χ2n) is 4.61. The lowest BCUT2D eigenvalue weighted by atomic mass is 10.2. The van der Waals surface area contributed by atoms with E-state index in [1.54, 1.807) is 12.3 Å². The third-order valence-electron chi connectivity index (χ3n) is 3.07. The maximum atomic E-state index is 12.0. The minimum absolute atomic E-state index is 0.0372. The lowest BCUT2D eigenvalue weighted by Crippen LogP contribution is -2.35. The highest BCUT2D eigenvalue weighted by molar-refractivity contribution is 7.84. The summed E-state index contributed by atoms with van der Waals surface area (Å²) in [7, 11) is 0.954. The zero-order valence-electron chi connectivity index (χ0n) is 11.2. The number of aromatic amines is 1. The number of H-pyrrole nitrogens is 1. The smallest absolute Gasteiger partial charge is 0.260 e. The van der Waals surface area contributed by atoms with Crippen molar-refractivity contribution in [2.45, 2.75) is 13.0 Å². The molecule has 1 aromatic heterocycles. The Kier molecular flexibility index (Phi) is 3.99. The quantitative estimate of drug-likeness (QED) is 0.911. The number of nitrogens with one attached hydrogen (secondary N) is 1. The molecule has 0 aliphatic rings. The fourth-order valence-electron chi connectivity index (χ4n) is 1.90. The molecule has 5 nitrogen and oxygen atoms in total. The molecule has 0 radical (unpaired) electrons. The Bertz CT molecular complexity index is 668. The van der Waals surface area contributed by atoms with E-state index in [1.165, 1.54) is 0 Å². The van der Waals surface area contributed by atoms with Gasteiger partial charge in [-0.1, -0.05) is 12.1 Å². The van der Waals surface area contributed by atoms with Crippen LogP contribution in [0.3, 0.4) is 0 Å². The van der Waals surface area contributed by atoms with Gasteiger partial charge >= 0.3 is 0 Å². The number of rotatable bonds is 4. The molecule has 0 saturated heterocycles. The molecule has 6 heteroatoms. The Balaban J connectivity index is 2.40. The van der Waals surface area contributed by atoms with Crippen molar-refractivity contribution >= 4 is 27.7 Å². The van der Waals surface area contributed by atoms with Crippen LogP contribution in [-0.2, 0) is 10.8 Å². The number of anilines is 1. The van der Waals surface area contributed by atoms with Gasteiger partial charge in [0.25, 0.3) is 5.56 Å². The molecule has 1 aromatic carbocycles.